The van der Waals surface area contributed by atoms with Gasteiger partial charge in [-0.15, -0.1) is 0 Å². The van der Waals surface area contributed by atoms with E-state index in [4.69, 9.17) is 4.42 Å². The maximum Gasteiger partial charge on any atom is 0.136 e. The molecule has 0 N–H and O–H groups in total. The summed E-state index contributed by atoms with van der Waals surface area (Å²) >= 11 is 0. The van der Waals surface area contributed by atoms with Crippen molar-refractivity contribution in [3.05, 3.63) is 267 Å². The molecular weight excluding hydrogens is 937 g/mol. The van der Waals surface area contributed by atoms with Crippen LogP contribution < -0.4 is 0 Å². The molecule has 5 nitrogen and oxygen atoms in total. The van der Waals surface area contributed by atoms with Gasteiger partial charge in [0.15, 0.2) is 0 Å². The first kappa shape index (κ1) is 42.0. The lowest BCUT2D eigenvalue weighted by molar-refractivity contribution is 0.669. The van der Waals surface area contributed by atoms with E-state index in [9.17, 15) is 0 Å². The van der Waals surface area contributed by atoms with Crippen molar-refractivity contribution in [1.29, 1.82) is 0 Å². The van der Waals surface area contributed by atoms with Crippen LogP contribution in [0.3, 0.4) is 0 Å². The molecule has 0 amide bonds. The zero-order chi connectivity index (χ0) is 50.3. The molecule has 17 rings (SSSR count). The smallest absolute Gasteiger partial charge is 0.136 e. The van der Waals surface area contributed by atoms with Crippen molar-refractivity contribution in [1.82, 2.24) is 18.3 Å². The fraction of sp³-hybridized carbons (Fsp3) is 0. The summed E-state index contributed by atoms with van der Waals surface area (Å²) in [5.41, 5.74) is 20.2. The van der Waals surface area contributed by atoms with Crippen LogP contribution in [-0.4, -0.2) is 18.3 Å². The summed E-state index contributed by atoms with van der Waals surface area (Å²) in [6.07, 6.45) is 0. The van der Waals surface area contributed by atoms with Crippen LogP contribution in [0, 0.1) is 0 Å². The third-order valence-corrected chi connectivity index (χ3v) is 16.4. The standard InChI is InChI=1S/C72H44N4O/c1-9-25-61-49(17-1)50-18-2-10-26-62(50)73(61)47-35-39-69-59(43-47)56-24-8-11-27-63(56)74(69)48-36-40-71-60(44-48)58-38-34-46(42-72(58)77-71)45-33-37-57-55-23-7-16-32-68(55)76(70(57)41-45)67-31-15-6-22-54(67)53-21-5-14-30-66(53)75-64-28-12-3-19-51(64)52-20-4-13-29-65(52)75/h1-44H. The molecule has 0 aliphatic carbocycles. The topological polar surface area (TPSA) is 32.9 Å². The van der Waals surface area contributed by atoms with Crippen LogP contribution in [0.4, 0.5) is 0 Å². The Morgan fingerprint density at radius 1 is 0.208 bits per heavy atom. The van der Waals surface area contributed by atoms with Crippen molar-refractivity contribution in [2.75, 3.05) is 0 Å². The fourth-order valence-corrected chi connectivity index (χ4v) is 13.0. The number of rotatable bonds is 6. The quantitative estimate of drug-likeness (QED) is 0.163. The van der Waals surface area contributed by atoms with E-state index in [0.29, 0.717) is 0 Å². The van der Waals surface area contributed by atoms with Crippen LogP contribution in [-0.2, 0) is 0 Å². The van der Waals surface area contributed by atoms with E-state index < -0.39 is 0 Å². The lowest BCUT2D eigenvalue weighted by Crippen LogP contribution is -2.01. The van der Waals surface area contributed by atoms with Gasteiger partial charge in [0.1, 0.15) is 11.2 Å². The predicted octanol–water partition coefficient (Wildman–Crippen LogP) is 19.3. The Balaban J connectivity index is 0.787. The highest BCUT2D eigenvalue weighted by Gasteiger charge is 2.22. The normalized spacial score (nSPS) is 12.2. The summed E-state index contributed by atoms with van der Waals surface area (Å²) in [4.78, 5) is 0. The highest BCUT2D eigenvalue weighted by Crippen LogP contribution is 2.44. The second-order valence-corrected chi connectivity index (χ2v) is 20.4. The largest absolute Gasteiger partial charge is 0.456 e. The molecule has 0 atom stereocenters. The first-order valence-electron chi connectivity index (χ1n) is 26.4. The minimum absolute atomic E-state index is 0.861. The molecule has 5 heterocycles. The number of hydrogen-bond acceptors (Lipinski definition) is 1. The van der Waals surface area contributed by atoms with E-state index in [1.54, 1.807) is 0 Å². The molecule has 5 heteroatoms. The number of nitrogens with zero attached hydrogens (tertiary/aromatic N) is 4. The van der Waals surface area contributed by atoms with Gasteiger partial charge in [-0.05, 0) is 114 Å². The van der Waals surface area contributed by atoms with Crippen molar-refractivity contribution in [2.24, 2.45) is 0 Å². The minimum Gasteiger partial charge on any atom is -0.456 e. The van der Waals surface area contributed by atoms with Crippen LogP contribution in [0.25, 0.3) is 154 Å². The molecule has 0 bridgehead atoms. The van der Waals surface area contributed by atoms with Crippen molar-refractivity contribution < 1.29 is 4.42 Å². The van der Waals surface area contributed by atoms with E-state index >= 15 is 0 Å². The van der Waals surface area contributed by atoms with Gasteiger partial charge in [-0.25, -0.2) is 0 Å². The molecule has 12 aromatic carbocycles. The van der Waals surface area contributed by atoms with Crippen LogP contribution in [0.5, 0.6) is 0 Å². The Kier molecular flexibility index (Phi) is 8.77. The van der Waals surface area contributed by atoms with E-state index in [1.165, 1.54) is 70.7 Å². The van der Waals surface area contributed by atoms with Crippen molar-refractivity contribution >= 4 is 109 Å². The predicted molar refractivity (Wildman–Crippen MR) is 322 cm³/mol. The van der Waals surface area contributed by atoms with Crippen molar-refractivity contribution in [3.8, 4) is 45.0 Å². The second-order valence-electron chi connectivity index (χ2n) is 20.4. The molecule has 358 valence electrons. The molecule has 0 saturated carbocycles. The molecule has 17 aromatic rings. The van der Waals surface area contributed by atoms with Gasteiger partial charge in [0.2, 0.25) is 0 Å². The van der Waals surface area contributed by atoms with Gasteiger partial charge in [0.05, 0.1) is 55.5 Å². The molecule has 5 aromatic heterocycles. The fourth-order valence-electron chi connectivity index (χ4n) is 13.0. The number of hydrogen-bond donors (Lipinski definition) is 0. The van der Waals surface area contributed by atoms with Gasteiger partial charge in [-0.2, -0.15) is 0 Å². The highest BCUT2D eigenvalue weighted by atomic mass is 16.3. The Morgan fingerprint density at radius 2 is 0.571 bits per heavy atom. The monoisotopic (exact) mass is 980 g/mol. The number of para-hydroxylation sites is 8. The van der Waals surface area contributed by atoms with E-state index in [2.05, 4.69) is 285 Å². The Hall–Kier alpha value is -10.4. The molecule has 0 aliphatic rings. The lowest BCUT2D eigenvalue weighted by atomic mass is 10.00. The maximum absolute atomic E-state index is 6.76. The third kappa shape index (κ3) is 6.05. The molecule has 0 saturated heterocycles. The first-order chi connectivity index (χ1) is 38.2. The van der Waals surface area contributed by atoms with Gasteiger partial charge in [-0.1, -0.05) is 164 Å². The zero-order valence-corrected chi connectivity index (χ0v) is 41.6. The Labute approximate surface area is 441 Å². The molecule has 0 radical (unpaired) electrons. The molecule has 77 heavy (non-hydrogen) atoms. The van der Waals surface area contributed by atoms with E-state index in [1.807, 2.05) is 0 Å². The molecule has 0 aliphatic heterocycles. The molecule has 0 spiro atoms. The van der Waals surface area contributed by atoms with Crippen molar-refractivity contribution in [3.63, 3.8) is 0 Å². The summed E-state index contributed by atoms with van der Waals surface area (Å²) < 4.78 is 16.5. The average Bonchev–Trinajstić information content (AvgIpc) is 4.40. The maximum atomic E-state index is 6.76. The Morgan fingerprint density at radius 3 is 1.09 bits per heavy atom. The minimum atomic E-state index is 0.861. The van der Waals surface area contributed by atoms with Crippen LogP contribution in [0.2, 0.25) is 0 Å². The van der Waals surface area contributed by atoms with Crippen LogP contribution in [0.15, 0.2) is 271 Å². The van der Waals surface area contributed by atoms with Crippen LogP contribution in [0.1, 0.15) is 0 Å². The van der Waals surface area contributed by atoms with Gasteiger partial charge in [0, 0.05) is 76.4 Å². The first-order valence-corrected chi connectivity index (χ1v) is 26.4. The molecular formula is C72H44N4O. The number of fused-ring (bicyclic) bond motifs is 15. The van der Waals surface area contributed by atoms with Gasteiger partial charge in [0.25, 0.3) is 0 Å². The van der Waals surface area contributed by atoms with Gasteiger partial charge < -0.3 is 22.7 Å². The van der Waals surface area contributed by atoms with E-state index in [0.717, 1.165) is 83.5 Å². The Bertz CT molecular complexity index is 5200. The van der Waals surface area contributed by atoms with Crippen molar-refractivity contribution in [2.45, 2.75) is 0 Å². The SMILES string of the molecule is c1ccc(-n2c3ccccc3c3ccccc32)c(-c2ccccc2-n2c3ccccc3c3ccc(-c4ccc5c(c4)oc4ccc(-n6c7ccccc7c7cc(-n8c9ccccc9c9ccccc98)ccc76)cc45)cc32)c1. The average molecular weight is 981 g/mol. The summed E-state index contributed by atoms with van der Waals surface area (Å²) in [7, 11) is 0. The number of furan rings is 1. The summed E-state index contributed by atoms with van der Waals surface area (Å²) in [6, 6.07) is 97.4. The zero-order valence-electron chi connectivity index (χ0n) is 41.6. The number of benzene rings is 12. The molecule has 0 fully saturated rings. The van der Waals surface area contributed by atoms with Gasteiger partial charge >= 0.3 is 0 Å². The summed E-state index contributed by atoms with van der Waals surface area (Å²) in [6.45, 7) is 0. The lowest BCUT2D eigenvalue weighted by Gasteiger charge is -2.18. The highest BCUT2D eigenvalue weighted by molar-refractivity contribution is 6.15. The number of aromatic nitrogens is 4. The summed E-state index contributed by atoms with van der Waals surface area (Å²) in [5.74, 6) is 0. The van der Waals surface area contributed by atoms with Gasteiger partial charge in [-0.3, -0.25) is 0 Å². The van der Waals surface area contributed by atoms with E-state index in [-0.39, 0.29) is 0 Å². The third-order valence-electron chi connectivity index (χ3n) is 16.4. The second kappa shape index (κ2) is 16.1. The van der Waals surface area contributed by atoms with Crippen LogP contribution >= 0.6 is 0 Å². The molecule has 0 unspecified atom stereocenters. The summed E-state index contributed by atoms with van der Waals surface area (Å²) in [5, 5.41) is 12.0.